The van der Waals surface area contributed by atoms with E-state index in [1.54, 1.807) is 42.6 Å². The van der Waals surface area contributed by atoms with E-state index in [1.165, 1.54) is 4.90 Å². The minimum Gasteiger partial charge on any atom is -0.268 e. The van der Waals surface area contributed by atoms with E-state index in [9.17, 15) is 9.59 Å². The summed E-state index contributed by atoms with van der Waals surface area (Å²) in [6.45, 7) is 0. The molecule has 4 heteroatoms. The fraction of sp³-hybridized carbons (Fsp3) is 0.0500. The van der Waals surface area contributed by atoms with Crippen LogP contribution < -0.4 is 4.90 Å². The van der Waals surface area contributed by atoms with Crippen molar-refractivity contribution in [1.82, 2.24) is 4.98 Å². The highest BCUT2D eigenvalue weighted by molar-refractivity contribution is 6.34. The van der Waals surface area contributed by atoms with Crippen molar-refractivity contribution in [2.45, 2.75) is 6.42 Å². The predicted octanol–water partition coefficient (Wildman–Crippen LogP) is 3.47. The summed E-state index contributed by atoms with van der Waals surface area (Å²) in [6.07, 6.45) is 2.48. The number of amides is 2. The summed E-state index contributed by atoms with van der Waals surface area (Å²) in [6, 6.07) is 20.2. The summed E-state index contributed by atoms with van der Waals surface area (Å²) in [4.78, 5) is 30.5. The molecular weight excluding hydrogens is 300 g/mol. The van der Waals surface area contributed by atoms with Crippen LogP contribution in [0.5, 0.6) is 0 Å². The largest absolute Gasteiger partial charge is 0.268 e. The molecule has 0 saturated heterocycles. The van der Waals surface area contributed by atoms with Gasteiger partial charge in [-0.25, -0.2) is 4.90 Å². The molecule has 0 radical (unpaired) electrons. The van der Waals surface area contributed by atoms with Crippen molar-refractivity contribution in [2.75, 3.05) is 4.90 Å². The lowest BCUT2D eigenvalue weighted by atomic mass is 10.1. The van der Waals surface area contributed by atoms with E-state index in [0.717, 1.165) is 11.3 Å². The van der Waals surface area contributed by atoms with Crippen LogP contribution in [0.3, 0.4) is 0 Å². The SMILES string of the molecule is O=C1c2ccccc2C(=O)N1c1ccc(Cc2ccccn2)cc1. The number of pyridine rings is 1. The van der Waals surface area contributed by atoms with Gasteiger partial charge in [-0.05, 0) is 42.0 Å². The number of nitrogens with zero attached hydrogens (tertiary/aromatic N) is 2. The number of hydrogen-bond donors (Lipinski definition) is 0. The number of carbonyl (C=O) groups excluding carboxylic acids is 2. The van der Waals surface area contributed by atoms with Gasteiger partial charge in [-0.3, -0.25) is 14.6 Å². The summed E-state index contributed by atoms with van der Waals surface area (Å²) in [5.74, 6) is -0.541. The third-order valence-corrected chi connectivity index (χ3v) is 4.10. The topological polar surface area (TPSA) is 50.3 Å². The average Bonchev–Trinajstić information content (AvgIpc) is 2.88. The highest BCUT2D eigenvalue weighted by atomic mass is 16.2. The van der Waals surface area contributed by atoms with Crippen LogP contribution in [-0.4, -0.2) is 16.8 Å². The summed E-state index contributed by atoms with van der Waals surface area (Å²) < 4.78 is 0. The van der Waals surface area contributed by atoms with Crippen molar-refractivity contribution in [3.05, 3.63) is 95.3 Å². The van der Waals surface area contributed by atoms with Gasteiger partial charge in [0.2, 0.25) is 0 Å². The van der Waals surface area contributed by atoms with E-state index >= 15 is 0 Å². The first-order valence-electron chi connectivity index (χ1n) is 7.71. The molecule has 0 N–H and O–H groups in total. The van der Waals surface area contributed by atoms with Crippen LogP contribution in [0.2, 0.25) is 0 Å². The maximum absolute atomic E-state index is 12.5. The van der Waals surface area contributed by atoms with Crippen LogP contribution in [0.1, 0.15) is 32.0 Å². The highest BCUT2D eigenvalue weighted by Gasteiger charge is 2.36. The molecule has 0 bridgehead atoms. The molecule has 1 aliphatic heterocycles. The molecule has 0 saturated carbocycles. The first-order chi connectivity index (χ1) is 11.7. The standard InChI is InChI=1S/C20H14N2O2/c23-19-17-6-1-2-7-18(17)20(24)22(19)16-10-8-14(9-11-16)13-15-5-3-4-12-21-15/h1-12H,13H2. The minimum atomic E-state index is -0.270. The van der Waals surface area contributed by atoms with E-state index in [-0.39, 0.29) is 11.8 Å². The van der Waals surface area contributed by atoms with Gasteiger partial charge in [0.1, 0.15) is 0 Å². The Morgan fingerprint density at radius 1 is 0.750 bits per heavy atom. The molecule has 0 unspecified atom stereocenters. The lowest BCUT2D eigenvalue weighted by Crippen LogP contribution is -2.29. The second kappa shape index (κ2) is 5.74. The maximum atomic E-state index is 12.5. The third-order valence-electron chi connectivity index (χ3n) is 4.10. The Labute approximate surface area is 139 Å². The fourth-order valence-electron chi connectivity index (χ4n) is 2.90. The molecule has 0 aliphatic carbocycles. The van der Waals surface area contributed by atoms with Gasteiger partial charge in [0.05, 0.1) is 16.8 Å². The van der Waals surface area contributed by atoms with Crippen molar-refractivity contribution >= 4 is 17.5 Å². The molecular formula is C20H14N2O2. The number of hydrogen-bond acceptors (Lipinski definition) is 3. The monoisotopic (exact) mass is 314 g/mol. The third kappa shape index (κ3) is 2.38. The van der Waals surface area contributed by atoms with Crippen LogP contribution in [0.15, 0.2) is 72.9 Å². The van der Waals surface area contributed by atoms with E-state index in [0.29, 0.717) is 23.2 Å². The van der Waals surface area contributed by atoms with Gasteiger partial charge in [0.25, 0.3) is 11.8 Å². The molecule has 116 valence electrons. The number of rotatable bonds is 3. The van der Waals surface area contributed by atoms with Crippen LogP contribution in [0, 0.1) is 0 Å². The average molecular weight is 314 g/mol. The van der Waals surface area contributed by atoms with E-state index in [4.69, 9.17) is 0 Å². The minimum absolute atomic E-state index is 0.270. The van der Waals surface area contributed by atoms with Gasteiger partial charge in [0.15, 0.2) is 0 Å². The van der Waals surface area contributed by atoms with Crippen LogP contribution in [0.4, 0.5) is 5.69 Å². The second-order valence-corrected chi connectivity index (χ2v) is 5.66. The number of anilines is 1. The van der Waals surface area contributed by atoms with Crippen molar-refractivity contribution in [3.63, 3.8) is 0 Å². The molecule has 0 atom stereocenters. The molecule has 2 heterocycles. The Bertz CT molecular complexity index is 883. The Balaban J connectivity index is 1.60. The van der Waals surface area contributed by atoms with Crippen molar-refractivity contribution in [1.29, 1.82) is 0 Å². The van der Waals surface area contributed by atoms with Crippen molar-refractivity contribution < 1.29 is 9.59 Å². The van der Waals surface area contributed by atoms with E-state index in [2.05, 4.69) is 4.98 Å². The normalized spacial score (nSPS) is 13.2. The van der Waals surface area contributed by atoms with Crippen LogP contribution >= 0.6 is 0 Å². The molecule has 2 amide bonds. The maximum Gasteiger partial charge on any atom is 0.266 e. The predicted molar refractivity (Wildman–Crippen MR) is 91.1 cm³/mol. The van der Waals surface area contributed by atoms with Gasteiger partial charge in [-0.1, -0.05) is 30.3 Å². The number of aromatic nitrogens is 1. The van der Waals surface area contributed by atoms with Crippen LogP contribution in [-0.2, 0) is 6.42 Å². The number of carbonyl (C=O) groups is 2. The number of benzene rings is 2. The zero-order valence-corrected chi connectivity index (χ0v) is 12.8. The summed E-state index contributed by atoms with van der Waals surface area (Å²) >= 11 is 0. The van der Waals surface area contributed by atoms with Gasteiger partial charge >= 0.3 is 0 Å². The Hall–Kier alpha value is -3.27. The number of imide groups is 1. The quantitative estimate of drug-likeness (QED) is 0.696. The molecule has 4 rings (SSSR count). The first-order valence-corrected chi connectivity index (χ1v) is 7.71. The molecule has 0 spiro atoms. The molecule has 0 fully saturated rings. The Kier molecular flexibility index (Phi) is 3.43. The zero-order valence-electron chi connectivity index (χ0n) is 12.8. The van der Waals surface area contributed by atoms with Gasteiger partial charge in [-0.15, -0.1) is 0 Å². The van der Waals surface area contributed by atoms with Gasteiger partial charge in [-0.2, -0.15) is 0 Å². The highest BCUT2D eigenvalue weighted by Crippen LogP contribution is 2.28. The molecule has 4 nitrogen and oxygen atoms in total. The lowest BCUT2D eigenvalue weighted by Gasteiger charge is -2.14. The second-order valence-electron chi connectivity index (χ2n) is 5.66. The van der Waals surface area contributed by atoms with E-state index in [1.807, 2.05) is 30.3 Å². The summed E-state index contributed by atoms with van der Waals surface area (Å²) in [5.41, 5.74) is 3.56. The molecule has 1 aromatic heterocycles. The number of fused-ring (bicyclic) bond motifs is 1. The van der Waals surface area contributed by atoms with Crippen LogP contribution in [0.25, 0.3) is 0 Å². The summed E-state index contributed by atoms with van der Waals surface area (Å²) in [7, 11) is 0. The lowest BCUT2D eigenvalue weighted by molar-refractivity contribution is 0.0926. The van der Waals surface area contributed by atoms with Gasteiger partial charge < -0.3 is 0 Å². The van der Waals surface area contributed by atoms with Crippen molar-refractivity contribution in [3.8, 4) is 0 Å². The first kappa shape index (κ1) is 14.3. The van der Waals surface area contributed by atoms with Gasteiger partial charge in [0, 0.05) is 18.3 Å². The Morgan fingerprint density at radius 3 is 1.96 bits per heavy atom. The fourth-order valence-corrected chi connectivity index (χ4v) is 2.90. The zero-order chi connectivity index (χ0) is 16.5. The summed E-state index contributed by atoms with van der Waals surface area (Å²) in [5, 5.41) is 0. The molecule has 2 aromatic carbocycles. The van der Waals surface area contributed by atoms with E-state index < -0.39 is 0 Å². The Morgan fingerprint density at radius 2 is 1.38 bits per heavy atom. The smallest absolute Gasteiger partial charge is 0.266 e. The molecule has 1 aliphatic rings. The van der Waals surface area contributed by atoms with Crippen molar-refractivity contribution in [2.24, 2.45) is 0 Å². The molecule has 3 aromatic rings. The molecule has 24 heavy (non-hydrogen) atoms.